The van der Waals surface area contributed by atoms with Gasteiger partial charge in [0.05, 0.1) is 4.92 Å². The van der Waals surface area contributed by atoms with Crippen LogP contribution < -0.4 is 5.32 Å². The van der Waals surface area contributed by atoms with Crippen molar-refractivity contribution in [3.63, 3.8) is 0 Å². The molecule has 22 heavy (non-hydrogen) atoms. The van der Waals surface area contributed by atoms with Crippen LogP contribution in [0.3, 0.4) is 0 Å². The lowest BCUT2D eigenvalue weighted by atomic mass is 10.2. The molecular weight excluding hydrogens is 325 g/mol. The summed E-state index contributed by atoms with van der Waals surface area (Å²) >= 11 is -0.478. The Kier molecular flexibility index (Phi) is 5.28. The summed E-state index contributed by atoms with van der Waals surface area (Å²) in [7, 11) is 0. The number of carbonyl (C=O) groups is 1. The summed E-state index contributed by atoms with van der Waals surface area (Å²) in [6.45, 7) is 4.80. The average Bonchev–Trinajstić information content (AvgIpc) is 2.26. The molecule has 0 saturated heterocycles. The minimum absolute atomic E-state index is 0.245. The van der Waals surface area contributed by atoms with E-state index in [0.29, 0.717) is 0 Å². The van der Waals surface area contributed by atoms with Crippen molar-refractivity contribution in [1.82, 2.24) is 0 Å². The minimum Gasteiger partial charge on any atom is -0.444 e. The third-order valence-corrected chi connectivity index (χ3v) is 2.76. The molecule has 0 aliphatic heterocycles. The van der Waals surface area contributed by atoms with Crippen molar-refractivity contribution in [3.05, 3.63) is 28.3 Å². The van der Waals surface area contributed by atoms with Crippen molar-refractivity contribution in [2.75, 3.05) is 5.32 Å². The van der Waals surface area contributed by atoms with Crippen LogP contribution in [-0.4, -0.2) is 22.1 Å². The van der Waals surface area contributed by atoms with E-state index in [1.165, 1.54) is 0 Å². The van der Waals surface area contributed by atoms with Crippen LogP contribution in [0.1, 0.15) is 20.8 Å². The number of ether oxygens (including phenoxy) is 1. The van der Waals surface area contributed by atoms with Gasteiger partial charge in [-0.05, 0) is 44.7 Å². The fourth-order valence-corrected chi connectivity index (χ4v) is 1.95. The van der Waals surface area contributed by atoms with E-state index in [1.807, 2.05) is 0 Å². The SMILES string of the molecule is CC(C)(C)OC(=O)Nc1ccc(SC(F)(F)F)cc1[N+](=O)[O-]. The molecule has 0 atom stereocenters. The first-order chi connectivity index (χ1) is 9.87. The number of nitrogens with one attached hydrogen (secondary N) is 1. The maximum absolute atomic E-state index is 12.3. The van der Waals surface area contributed by atoms with Gasteiger partial charge in [-0.1, -0.05) is 0 Å². The normalized spacial score (nSPS) is 11.9. The number of nitrogens with zero attached hydrogens (tertiary/aromatic N) is 1. The number of hydrogen-bond donors (Lipinski definition) is 1. The molecule has 0 aliphatic carbocycles. The number of amides is 1. The predicted molar refractivity (Wildman–Crippen MR) is 74.9 cm³/mol. The van der Waals surface area contributed by atoms with Crippen LogP contribution in [0.2, 0.25) is 0 Å². The molecule has 122 valence electrons. The summed E-state index contributed by atoms with van der Waals surface area (Å²) in [5.41, 5.74) is -6.27. The number of nitro benzene ring substituents is 1. The van der Waals surface area contributed by atoms with Crippen LogP contribution >= 0.6 is 11.8 Å². The van der Waals surface area contributed by atoms with Gasteiger partial charge in [-0.3, -0.25) is 15.4 Å². The van der Waals surface area contributed by atoms with Crippen LogP contribution in [-0.2, 0) is 4.74 Å². The number of carbonyl (C=O) groups excluding carboxylic acids is 1. The zero-order valence-corrected chi connectivity index (χ0v) is 12.7. The zero-order valence-electron chi connectivity index (χ0n) is 11.9. The first kappa shape index (κ1) is 18.1. The Morgan fingerprint density at radius 1 is 1.32 bits per heavy atom. The summed E-state index contributed by atoms with van der Waals surface area (Å²) < 4.78 is 41.8. The zero-order chi connectivity index (χ0) is 17.1. The Labute approximate surface area is 128 Å². The average molecular weight is 338 g/mol. The summed E-state index contributed by atoms with van der Waals surface area (Å²) in [6, 6.07) is 2.79. The summed E-state index contributed by atoms with van der Waals surface area (Å²) in [6.07, 6.45) is -0.938. The van der Waals surface area contributed by atoms with Gasteiger partial charge in [-0.2, -0.15) is 13.2 Å². The van der Waals surface area contributed by atoms with E-state index in [4.69, 9.17) is 4.74 Å². The summed E-state index contributed by atoms with van der Waals surface area (Å²) in [5.74, 6) is 0. The Morgan fingerprint density at radius 3 is 2.36 bits per heavy atom. The Hall–Kier alpha value is -1.97. The molecule has 0 radical (unpaired) electrons. The Balaban J connectivity index is 3.01. The fourth-order valence-electron chi connectivity index (χ4n) is 1.38. The van der Waals surface area contributed by atoms with Crippen molar-refractivity contribution < 1.29 is 27.6 Å². The molecule has 1 rings (SSSR count). The Morgan fingerprint density at radius 2 is 1.91 bits per heavy atom. The largest absolute Gasteiger partial charge is 0.446 e. The summed E-state index contributed by atoms with van der Waals surface area (Å²) in [5, 5.41) is 13.1. The molecule has 0 unspecified atom stereocenters. The molecule has 1 aromatic rings. The predicted octanol–water partition coefficient (Wildman–Crippen LogP) is 4.55. The molecule has 0 heterocycles. The quantitative estimate of drug-likeness (QED) is 0.496. The van der Waals surface area contributed by atoms with E-state index in [-0.39, 0.29) is 10.6 Å². The second-order valence-corrected chi connectivity index (χ2v) is 6.25. The molecule has 1 amide bonds. The number of thioether (sulfide) groups is 1. The highest BCUT2D eigenvalue weighted by molar-refractivity contribution is 8.00. The van der Waals surface area contributed by atoms with Gasteiger partial charge in [0, 0.05) is 11.0 Å². The third-order valence-electron chi connectivity index (χ3n) is 2.04. The van der Waals surface area contributed by atoms with Crippen molar-refractivity contribution >= 4 is 29.2 Å². The smallest absolute Gasteiger partial charge is 0.444 e. The van der Waals surface area contributed by atoms with Gasteiger partial charge in [-0.25, -0.2) is 4.79 Å². The standard InChI is InChI=1S/C12H13F3N2O4S/c1-11(2,3)21-10(18)16-8-5-4-7(22-12(13,14)15)6-9(8)17(19)20/h4-6H,1-3H3,(H,16,18). The van der Waals surface area contributed by atoms with Crippen LogP contribution in [0.25, 0.3) is 0 Å². The highest BCUT2D eigenvalue weighted by Crippen LogP contribution is 2.39. The number of nitro groups is 1. The minimum atomic E-state index is -4.56. The van der Waals surface area contributed by atoms with Gasteiger partial charge in [0.15, 0.2) is 0 Å². The van der Waals surface area contributed by atoms with Gasteiger partial charge in [0.25, 0.3) is 5.69 Å². The van der Waals surface area contributed by atoms with Crippen LogP contribution in [0, 0.1) is 10.1 Å². The van der Waals surface area contributed by atoms with Crippen molar-refractivity contribution in [1.29, 1.82) is 0 Å². The lowest BCUT2D eigenvalue weighted by Crippen LogP contribution is -2.27. The second kappa shape index (κ2) is 6.42. The molecule has 0 aliphatic rings. The summed E-state index contributed by atoms with van der Waals surface area (Å²) in [4.78, 5) is 21.3. The molecule has 0 spiro atoms. The first-order valence-electron chi connectivity index (χ1n) is 5.91. The molecular formula is C12H13F3N2O4S. The maximum Gasteiger partial charge on any atom is 0.446 e. The van der Waals surface area contributed by atoms with Crippen molar-refractivity contribution in [2.24, 2.45) is 0 Å². The van der Waals surface area contributed by atoms with E-state index < -0.39 is 39.6 Å². The molecule has 0 bridgehead atoms. The van der Waals surface area contributed by atoms with Crippen LogP contribution in [0.5, 0.6) is 0 Å². The number of hydrogen-bond acceptors (Lipinski definition) is 5. The number of rotatable bonds is 3. The first-order valence-corrected chi connectivity index (χ1v) is 6.73. The lowest BCUT2D eigenvalue weighted by Gasteiger charge is -2.19. The van der Waals surface area contributed by atoms with E-state index >= 15 is 0 Å². The van der Waals surface area contributed by atoms with Crippen molar-refractivity contribution in [2.45, 2.75) is 36.8 Å². The van der Waals surface area contributed by atoms with E-state index in [0.717, 1.165) is 18.2 Å². The second-order valence-electron chi connectivity index (χ2n) is 5.11. The number of halogens is 3. The molecule has 0 fully saturated rings. The van der Waals surface area contributed by atoms with Crippen molar-refractivity contribution in [3.8, 4) is 0 Å². The highest BCUT2D eigenvalue weighted by Gasteiger charge is 2.30. The number of benzene rings is 1. The molecule has 1 aromatic carbocycles. The molecule has 6 nitrogen and oxygen atoms in total. The van der Waals surface area contributed by atoms with Gasteiger partial charge in [0.1, 0.15) is 11.3 Å². The topological polar surface area (TPSA) is 81.5 Å². The monoisotopic (exact) mass is 338 g/mol. The molecule has 10 heteroatoms. The van der Waals surface area contributed by atoms with E-state index in [2.05, 4.69) is 5.32 Å². The fraction of sp³-hybridized carbons (Fsp3) is 0.417. The third kappa shape index (κ3) is 6.20. The number of alkyl halides is 3. The molecule has 1 N–H and O–H groups in total. The molecule has 0 aromatic heterocycles. The van der Waals surface area contributed by atoms with Crippen LogP contribution in [0.15, 0.2) is 23.1 Å². The number of anilines is 1. The Bertz CT molecular complexity index is 585. The van der Waals surface area contributed by atoms with Gasteiger partial charge in [-0.15, -0.1) is 0 Å². The lowest BCUT2D eigenvalue weighted by molar-refractivity contribution is -0.384. The molecule has 0 saturated carbocycles. The maximum atomic E-state index is 12.3. The van der Waals surface area contributed by atoms with Gasteiger partial charge >= 0.3 is 11.6 Å². The van der Waals surface area contributed by atoms with E-state index in [9.17, 15) is 28.1 Å². The van der Waals surface area contributed by atoms with Gasteiger partial charge in [0.2, 0.25) is 0 Å². The van der Waals surface area contributed by atoms with Crippen LogP contribution in [0.4, 0.5) is 29.3 Å². The highest BCUT2D eigenvalue weighted by atomic mass is 32.2. The van der Waals surface area contributed by atoms with E-state index in [1.54, 1.807) is 20.8 Å². The van der Waals surface area contributed by atoms with Gasteiger partial charge < -0.3 is 4.74 Å².